The molecule has 1 aromatic carbocycles. The van der Waals surface area contributed by atoms with Crippen LogP contribution in [-0.4, -0.2) is 157 Å². The molecule has 75 heavy (non-hydrogen) atoms. The molecular formula is C52H89N7O14Si2. The molecule has 2 unspecified atom stereocenters. The molecule has 2 saturated heterocycles. The first-order valence-corrected chi connectivity index (χ1v) is 31.7. The monoisotopic (exact) mass is 1090 g/mol. The second kappa shape index (κ2) is 26.3. The standard InChI is InChI=1S/C52H89N7O14Si2/c1-30(2)41-39(58-49(67)71-50(5,6)7)46(64)55-35(29-68-14)44(62)53-28-37(60)54-31(3)43(61)56-38(32(4)72-74(16,17)51(8,9)10)45(63)57-40(47(65)59-27-21-20-22-36(59)48(66)70-41)42(69-15)33-23-25-34(26-24-33)73-75(18,19)52(11,12)13/h23-26,30-32,35-36,38-42H,20-22,27-29H2,1-19H3,(H,53,62)(H,54,60)(H,55,64)(H,56,61)(H,57,63)(H,58,67)/t31-,32+,35?,36-,38?,39-,40-,41+,42+/m0/s1. The van der Waals surface area contributed by atoms with E-state index in [9.17, 15) is 28.8 Å². The van der Waals surface area contributed by atoms with Crippen molar-refractivity contribution in [1.82, 2.24) is 36.8 Å². The van der Waals surface area contributed by atoms with Crippen LogP contribution < -0.4 is 36.3 Å². The molecule has 9 atom stereocenters. The van der Waals surface area contributed by atoms with Gasteiger partial charge in [-0.2, -0.15) is 0 Å². The lowest BCUT2D eigenvalue weighted by Gasteiger charge is -2.41. The Morgan fingerprint density at radius 1 is 0.773 bits per heavy atom. The Morgan fingerprint density at radius 3 is 1.89 bits per heavy atom. The van der Waals surface area contributed by atoms with Crippen molar-refractivity contribution in [2.24, 2.45) is 5.92 Å². The Balaban J connectivity index is 2.33. The Bertz CT molecular complexity index is 2170. The summed E-state index contributed by atoms with van der Waals surface area (Å²) in [5, 5.41) is 15.3. The summed E-state index contributed by atoms with van der Waals surface area (Å²) in [5.41, 5.74) is -0.544. The predicted molar refractivity (Wildman–Crippen MR) is 287 cm³/mol. The zero-order chi connectivity index (χ0) is 57.2. The highest BCUT2D eigenvalue weighted by molar-refractivity contribution is 6.75. The predicted octanol–water partition coefficient (Wildman–Crippen LogP) is 4.75. The van der Waals surface area contributed by atoms with Crippen LogP contribution in [0.25, 0.3) is 0 Å². The van der Waals surface area contributed by atoms with Gasteiger partial charge in [0.05, 0.1) is 19.3 Å². The van der Waals surface area contributed by atoms with Crippen LogP contribution in [0, 0.1) is 5.92 Å². The Kier molecular flexibility index (Phi) is 22.5. The summed E-state index contributed by atoms with van der Waals surface area (Å²) < 4.78 is 36.3. The van der Waals surface area contributed by atoms with Crippen LogP contribution in [0.15, 0.2) is 24.3 Å². The van der Waals surface area contributed by atoms with Gasteiger partial charge >= 0.3 is 12.1 Å². The lowest BCUT2D eigenvalue weighted by atomic mass is 9.95. The Labute approximate surface area is 446 Å². The molecule has 2 aliphatic rings. The summed E-state index contributed by atoms with van der Waals surface area (Å²) in [6.45, 7) is 30.8. The molecule has 0 aliphatic carbocycles. The third-order valence-electron chi connectivity index (χ3n) is 14.3. The summed E-state index contributed by atoms with van der Waals surface area (Å²) in [6.07, 6.45) is -3.55. The number of nitrogens with zero attached hydrogens (tertiary/aromatic N) is 1. The molecule has 0 bridgehead atoms. The van der Waals surface area contributed by atoms with Crippen LogP contribution in [-0.2, 0) is 56.9 Å². The average Bonchev–Trinajstić information content (AvgIpc) is 3.28. The number of amides is 7. The summed E-state index contributed by atoms with van der Waals surface area (Å²) in [5.74, 6) is -5.96. The van der Waals surface area contributed by atoms with E-state index in [1.807, 2.05) is 33.9 Å². The summed E-state index contributed by atoms with van der Waals surface area (Å²) >= 11 is 0. The lowest BCUT2D eigenvalue weighted by Crippen LogP contribution is -2.64. The maximum atomic E-state index is 15.5. The maximum absolute atomic E-state index is 15.5. The number of carbonyl (C=O) groups is 8. The van der Waals surface area contributed by atoms with Gasteiger partial charge in [0, 0.05) is 20.8 Å². The van der Waals surface area contributed by atoms with Crippen LogP contribution in [0.4, 0.5) is 4.79 Å². The van der Waals surface area contributed by atoms with Gasteiger partial charge in [-0.1, -0.05) is 67.5 Å². The molecule has 3 rings (SSSR count). The number of esters is 1. The zero-order valence-electron chi connectivity index (χ0n) is 48.0. The van der Waals surface area contributed by atoms with E-state index in [-0.39, 0.29) is 29.6 Å². The first-order chi connectivity index (χ1) is 34.4. The summed E-state index contributed by atoms with van der Waals surface area (Å²) in [6, 6.07) is -1.65. The molecule has 2 fully saturated rings. The van der Waals surface area contributed by atoms with Gasteiger partial charge in [0.15, 0.2) is 8.32 Å². The first kappa shape index (κ1) is 64.2. The van der Waals surface area contributed by atoms with Crippen molar-refractivity contribution >= 4 is 64.1 Å². The zero-order valence-corrected chi connectivity index (χ0v) is 50.0. The molecule has 6 N–H and O–H groups in total. The van der Waals surface area contributed by atoms with Crippen molar-refractivity contribution in [1.29, 1.82) is 0 Å². The number of cyclic esters (lactones) is 1. The SMILES string of the molecule is COCC1NC(=O)[C@@H](NC(=O)OC(C)(C)C)[C@@H](C(C)C)OC(=O)[C@@H]2CCCCN2C(=O)[C@H]([C@H](OC)c2ccc(O[Si](C)(C)C(C)(C)C)cc2)NC(=O)C([C@@H](C)O[Si](C)(C)C(C)(C)C)NC(=O)[C@H](C)NC(=O)CNC1=O. The van der Waals surface area contributed by atoms with E-state index < -0.39 is 137 Å². The van der Waals surface area contributed by atoms with E-state index >= 15 is 9.59 Å². The average molecular weight is 1090 g/mol. The number of alkyl carbamates (subject to hydrolysis) is 1. The van der Waals surface area contributed by atoms with Crippen molar-refractivity contribution in [2.75, 3.05) is 33.9 Å². The van der Waals surface area contributed by atoms with Crippen molar-refractivity contribution < 1.29 is 66.2 Å². The fourth-order valence-corrected chi connectivity index (χ4v) is 10.4. The van der Waals surface area contributed by atoms with Gasteiger partial charge in [-0.3, -0.25) is 28.8 Å². The fraction of sp³-hybridized carbons (Fsp3) is 0.731. The number of hydrogen-bond donors (Lipinski definition) is 6. The molecule has 2 heterocycles. The van der Waals surface area contributed by atoms with Gasteiger partial charge in [0.1, 0.15) is 59.8 Å². The van der Waals surface area contributed by atoms with E-state index in [4.69, 9.17) is 27.8 Å². The second-order valence-electron chi connectivity index (χ2n) is 24.0. The van der Waals surface area contributed by atoms with Gasteiger partial charge < -0.3 is 64.6 Å². The maximum Gasteiger partial charge on any atom is 0.408 e. The van der Waals surface area contributed by atoms with Crippen LogP contribution in [0.3, 0.4) is 0 Å². The highest BCUT2D eigenvalue weighted by Crippen LogP contribution is 2.39. The smallest absolute Gasteiger partial charge is 0.408 e. The topological polar surface area (TPSA) is 267 Å². The molecule has 0 aromatic heterocycles. The largest absolute Gasteiger partial charge is 0.544 e. The molecular weight excluding hydrogens is 1000 g/mol. The number of carbonyl (C=O) groups excluding carboxylic acids is 8. The first-order valence-electron chi connectivity index (χ1n) is 25.9. The normalized spacial score (nSPS) is 24.9. The molecule has 23 heteroatoms. The minimum absolute atomic E-state index is 0.0448. The van der Waals surface area contributed by atoms with E-state index in [2.05, 4.69) is 65.8 Å². The van der Waals surface area contributed by atoms with Gasteiger partial charge in [0.25, 0.3) is 0 Å². The molecule has 7 amide bonds. The Hall–Kier alpha value is -5.11. The van der Waals surface area contributed by atoms with Crippen LogP contribution in [0.2, 0.25) is 36.3 Å². The van der Waals surface area contributed by atoms with E-state index in [0.29, 0.717) is 24.2 Å². The number of benzene rings is 1. The minimum atomic E-state index is -2.66. The number of hydrogen-bond acceptors (Lipinski definition) is 14. The van der Waals surface area contributed by atoms with Crippen molar-refractivity contribution in [3.05, 3.63) is 29.8 Å². The summed E-state index contributed by atoms with van der Waals surface area (Å²) in [4.78, 5) is 116. The van der Waals surface area contributed by atoms with E-state index in [1.165, 1.54) is 26.0 Å². The van der Waals surface area contributed by atoms with Gasteiger partial charge in [0.2, 0.25) is 43.8 Å². The molecule has 0 saturated carbocycles. The molecule has 0 radical (unpaired) electrons. The van der Waals surface area contributed by atoms with Crippen molar-refractivity contribution in [3.63, 3.8) is 0 Å². The van der Waals surface area contributed by atoms with Gasteiger partial charge in [-0.05, 0) is 114 Å². The molecule has 2 aliphatic heterocycles. The molecule has 424 valence electrons. The summed E-state index contributed by atoms with van der Waals surface area (Å²) in [7, 11) is -2.27. The van der Waals surface area contributed by atoms with E-state index in [1.54, 1.807) is 65.8 Å². The molecule has 1 aromatic rings. The molecule has 21 nitrogen and oxygen atoms in total. The van der Waals surface area contributed by atoms with Gasteiger partial charge in [-0.15, -0.1) is 0 Å². The Morgan fingerprint density at radius 2 is 1.36 bits per heavy atom. The second-order valence-corrected chi connectivity index (χ2v) is 33.5. The number of piperidine rings is 1. The van der Waals surface area contributed by atoms with Crippen molar-refractivity contribution in [2.45, 2.75) is 206 Å². The number of rotatable bonds is 12. The minimum Gasteiger partial charge on any atom is -0.544 e. The van der Waals surface area contributed by atoms with Gasteiger partial charge in [-0.25, -0.2) is 9.59 Å². The fourth-order valence-electron chi connectivity index (χ4n) is 7.94. The number of methoxy groups -OCH3 is 2. The van der Waals surface area contributed by atoms with Crippen LogP contribution >= 0.6 is 0 Å². The third-order valence-corrected chi connectivity index (χ3v) is 23.2. The molecule has 0 spiro atoms. The lowest BCUT2D eigenvalue weighted by molar-refractivity contribution is -0.167. The highest BCUT2D eigenvalue weighted by Gasteiger charge is 2.47. The highest BCUT2D eigenvalue weighted by atomic mass is 28.4. The quantitative estimate of drug-likeness (QED) is 0.122. The number of fused-ring (bicyclic) bond motifs is 1. The number of ether oxygens (including phenoxy) is 4. The van der Waals surface area contributed by atoms with Crippen LogP contribution in [0.5, 0.6) is 5.75 Å². The van der Waals surface area contributed by atoms with Crippen LogP contribution in [0.1, 0.15) is 121 Å². The van der Waals surface area contributed by atoms with Crippen molar-refractivity contribution in [3.8, 4) is 5.75 Å². The number of nitrogens with one attached hydrogen (secondary N) is 6. The van der Waals surface area contributed by atoms with E-state index in [0.717, 1.165) is 0 Å². The third kappa shape index (κ3) is 18.0.